The summed E-state index contributed by atoms with van der Waals surface area (Å²) in [5, 5.41) is 0. The van der Waals surface area contributed by atoms with Crippen molar-refractivity contribution in [1.82, 2.24) is 0 Å². The lowest BCUT2D eigenvalue weighted by Crippen LogP contribution is -1.93. The third kappa shape index (κ3) is 8.04. The standard InChI is InChI=1S/C15H20O.C3H6/c1-4-6-7-8-13(3)14-9-11-15(12-10-14)16-5-2;1-3-2/h4,6-13H,5H2,1-3H3;3H,1H2,2H3/b6-4-,8-7+;. The highest BCUT2D eigenvalue weighted by atomic mass is 16.5. The molecule has 0 fully saturated rings. The van der Waals surface area contributed by atoms with Gasteiger partial charge in [0.2, 0.25) is 0 Å². The van der Waals surface area contributed by atoms with Crippen LogP contribution in [0.2, 0.25) is 0 Å². The number of rotatable bonds is 5. The molecule has 0 amide bonds. The SMILES string of the molecule is C/C=C\C=C\C(C)c1ccc(OCC)cc1.C=CC. The van der Waals surface area contributed by atoms with Gasteiger partial charge in [-0.05, 0) is 44.4 Å². The quantitative estimate of drug-likeness (QED) is 0.499. The molecule has 1 atom stereocenters. The third-order valence-electron chi connectivity index (χ3n) is 2.42. The molecule has 0 aliphatic rings. The van der Waals surface area contributed by atoms with Gasteiger partial charge < -0.3 is 4.74 Å². The zero-order valence-electron chi connectivity index (χ0n) is 12.6. The fourth-order valence-corrected chi connectivity index (χ4v) is 1.49. The molecule has 0 radical (unpaired) electrons. The second-order valence-electron chi connectivity index (χ2n) is 4.11. The van der Waals surface area contributed by atoms with E-state index in [9.17, 15) is 0 Å². The molecule has 0 spiro atoms. The minimum Gasteiger partial charge on any atom is -0.494 e. The van der Waals surface area contributed by atoms with Gasteiger partial charge in [0.05, 0.1) is 6.61 Å². The van der Waals surface area contributed by atoms with Crippen LogP contribution in [0.4, 0.5) is 0 Å². The van der Waals surface area contributed by atoms with E-state index in [4.69, 9.17) is 4.74 Å². The Morgan fingerprint density at radius 1 is 1.16 bits per heavy atom. The van der Waals surface area contributed by atoms with Gasteiger partial charge in [-0.25, -0.2) is 0 Å². The van der Waals surface area contributed by atoms with Crippen molar-refractivity contribution in [1.29, 1.82) is 0 Å². The minimum absolute atomic E-state index is 0.437. The largest absolute Gasteiger partial charge is 0.494 e. The first-order valence-electron chi connectivity index (χ1n) is 6.78. The first-order chi connectivity index (χ1) is 9.19. The predicted molar refractivity (Wildman–Crippen MR) is 85.9 cm³/mol. The van der Waals surface area contributed by atoms with Gasteiger partial charge in [-0.2, -0.15) is 0 Å². The Kier molecular flexibility index (Phi) is 10.3. The third-order valence-corrected chi connectivity index (χ3v) is 2.42. The summed E-state index contributed by atoms with van der Waals surface area (Å²) in [6, 6.07) is 8.29. The first-order valence-corrected chi connectivity index (χ1v) is 6.78. The highest BCUT2D eigenvalue weighted by molar-refractivity contribution is 5.31. The molecule has 0 N–H and O–H groups in total. The summed E-state index contributed by atoms with van der Waals surface area (Å²) >= 11 is 0. The zero-order chi connectivity index (χ0) is 14.5. The normalized spacial score (nSPS) is 12.0. The summed E-state index contributed by atoms with van der Waals surface area (Å²) in [7, 11) is 0. The van der Waals surface area contributed by atoms with Crippen molar-refractivity contribution < 1.29 is 4.74 Å². The lowest BCUT2D eigenvalue weighted by molar-refractivity contribution is 0.340. The number of allylic oxidation sites excluding steroid dienone is 5. The Bertz CT molecular complexity index is 385. The molecule has 0 aliphatic heterocycles. The Morgan fingerprint density at radius 3 is 2.21 bits per heavy atom. The van der Waals surface area contributed by atoms with E-state index in [-0.39, 0.29) is 0 Å². The van der Waals surface area contributed by atoms with Crippen LogP contribution in [0.15, 0.2) is 61.2 Å². The monoisotopic (exact) mass is 258 g/mol. The summed E-state index contributed by atoms with van der Waals surface area (Å²) in [5.74, 6) is 1.38. The number of hydrogen-bond donors (Lipinski definition) is 0. The molecule has 0 saturated heterocycles. The summed E-state index contributed by atoms with van der Waals surface area (Å²) in [6.45, 7) is 12.2. The second kappa shape index (κ2) is 11.3. The highest BCUT2D eigenvalue weighted by Crippen LogP contribution is 2.20. The molecule has 1 aromatic rings. The van der Waals surface area contributed by atoms with Crippen LogP contribution in [0.25, 0.3) is 0 Å². The van der Waals surface area contributed by atoms with Crippen LogP contribution in [0.3, 0.4) is 0 Å². The summed E-state index contributed by atoms with van der Waals surface area (Å²) < 4.78 is 5.41. The average molecular weight is 258 g/mol. The zero-order valence-corrected chi connectivity index (χ0v) is 12.6. The van der Waals surface area contributed by atoms with E-state index in [2.05, 4.69) is 37.8 Å². The van der Waals surface area contributed by atoms with E-state index in [1.807, 2.05) is 45.1 Å². The van der Waals surface area contributed by atoms with Gasteiger partial charge in [0, 0.05) is 0 Å². The maximum Gasteiger partial charge on any atom is 0.119 e. The Balaban J connectivity index is 0.000000982. The Labute approximate surface area is 118 Å². The lowest BCUT2D eigenvalue weighted by Gasteiger charge is -2.08. The smallest absolute Gasteiger partial charge is 0.119 e. The van der Waals surface area contributed by atoms with Gasteiger partial charge in [-0.3, -0.25) is 0 Å². The van der Waals surface area contributed by atoms with Crippen LogP contribution in [-0.4, -0.2) is 6.61 Å². The fraction of sp³-hybridized carbons (Fsp3) is 0.333. The molecule has 1 aromatic carbocycles. The van der Waals surface area contributed by atoms with E-state index < -0.39 is 0 Å². The summed E-state index contributed by atoms with van der Waals surface area (Å²) in [6.07, 6.45) is 10.1. The van der Waals surface area contributed by atoms with Crippen molar-refractivity contribution in [2.75, 3.05) is 6.61 Å². The van der Waals surface area contributed by atoms with E-state index in [0.717, 1.165) is 12.4 Å². The molecule has 0 saturated carbocycles. The van der Waals surface area contributed by atoms with Crippen LogP contribution in [-0.2, 0) is 0 Å². The van der Waals surface area contributed by atoms with Crippen LogP contribution in [0, 0.1) is 0 Å². The molecule has 0 heterocycles. The molecule has 0 aliphatic carbocycles. The highest BCUT2D eigenvalue weighted by Gasteiger charge is 2.00. The topological polar surface area (TPSA) is 9.23 Å². The predicted octanol–water partition coefficient (Wildman–Crippen LogP) is 5.51. The van der Waals surface area contributed by atoms with Gasteiger partial charge in [-0.1, -0.05) is 49.4 Å². The maximum atomic E-state index is 5.41. The fourth-order valence-electron chi connectivity index (χ4n) is 1.49. The molecule has 1 rings (SSSR count). The number of benzene rings is 1. The number of hydrogen-bond acceptors (Lipinski definition) is 1. The number of ether oxygens (including phenoxy) is 1. The van der Waals surface area contributed by atoms with Crippen LogP contribution < -0.4 is 4.74 Å². The van der Waals surface area contributed by atoms with Crippen molar-refractivity contribution in [2.45, 2.75) is 33.6 Å². The van der Waals surface area contributed by atoms with Crippen molar-refractivity contribution in [3.05, 3.63) is 66.8 Å². The molecule has 0 aromatic heterocycles. The van der Waals surface area contributed by atoms with Gasteiger partial charge in [-0.15, -0.1) is 6.58 Å². The molecular formula is C18H26O. The maximum absolute atomic E-state index is 5.41. The van der Waals surface area contributed by atoms with E-state index >= 15 is 0 Å². The minimum atomic E-state index is 0.437. The van der Waals surface area contributed by atoms with E-state index in [1.54, 1.807) is 6.08 Å². The lowest BCUT2D eigenvalue weighted by atomic mass is 10.0. The molecular weight excluding hydrogens is 232 g/mol. The van der Waals surface area contributed by atoms with E-state index in [1.165, 1.54) is 5.56 Å². The Morgan fingerprint density at radius 2 is 1.74 bits per heavy atom. The van der Waals surface area contributed by atoms with Crippen molar-refractivity contribution in [3.8, 4) is 5.75 Å². The Hall–Kier alpha value is -1.76. The first kappa shape index (κ1) is 17.2. The molecule has 1 heteroatoms. The van der Waals surface area contributed by atoms with Crippen molar-refractivity contribution in [2.24, 2.45) is 0 Å². The molecule has 104 valence electrons. The molecule has 0 bridgehead atoms. The average Bonchev–Trinajstić information content (AvgIpc) is 2.41. The van der Waals surface area contributed by atoms with Gasteiger partial charge in [0.25, 0.3) is 0 Å². The van der Waals surface area contributed by atoms with Crippen molar-refractivity contribution >= 4 is 0 Å². The second-order valence-corrected chi connectivity index (χ2v) is 4.11. The molecule has 19 heavy (non-hydrogen) atoms. The molecule has 1 nitrogen and oxygen atoms in total. The van der Waals surface area contributed by atoms with Crippen molar-refractivity contribution in [3.63, 3.8) is 0 Å². The van der Waals surface area contributed by atoms with E-state index in [0.29, 0.717) is 5.92 Å². The van der Waals surface area contributed by atoms with Gasteiger partial charge in [0.15, 0.2) is 0 Å². The molecule has 1 unspecified atom stereocenters. The van der Waals surface area contributed by atoms with Crippen LogP contribution in [0.5, 0.6) is 5.75 Å². The van der Waals surface area contributed by atoms with Crippen LogP contribution >= 0.6 is 0 Å². The van der Waals surface area contributed by atoms with Crippen LogP contribution in [0.1, 0.15) is 39.2 Å². The summed E-state index contributed by atoms with van der Waals surface area (Å²) in [5.41, 5.74) is 1.31. The van der Waals surface area contributed by atoms with Gasteiger partial charge >= 0.3 is 0 Å². The van der Waals surface area contributed by atoms with Gasteiger partial charge in [0.1, 0.15) is 5.75 Å². The summed E-state index contributed by atoms with van der Waals surface area (Å²) in [4.78, 5) is 0.